The number of carbonyl (C=O) groups excluding carboxylic acids is 1. The Kier molecular flexibility index (Phi) is 3.19. The molecule has 86 valence electrons. The number of hydrogen-bond donors (Lipinski definition) is 1. The number of ether oxygens (including phenoxy) is 2. The molecule has 6 nitrogen and oxygen atoms in total. The Labute approximate surface area is 92.8 Å². The first-order chi connectivity index (χ1) is 7.79. The van der Waals surface area contributed by atoms with Crippen molar-refractivity contribution in [2.45, 2.75) is 19.4 Å². The van der Waals surface area contributed by atoms with Crippen LogP contribution in [0.3, 0.4) is 0 Å². The van der Waals surface area contributed by atoms with Crippen LogP contribution in [0.1, 0.15) is 18.5 Å². The van der Waals surface area contributed by atoms with E-state index >= 15 is 0 Å². The lowest BCUT2D eigenvalue weighted by atomic mass is 10.4. The van der Waals surface area contributed by atoms with E-state index in [-0.39, 0.29) is 12.4 Å². The standard InChI is InChI=1S/C10H13N3O3/c11-9-10(16-4-7-1-2-7)13-8(3-12-9)5-15-6-14/h3,6-7H,1-2,4-5H2,(H2,11,12). The summed E-state index contributed by atoms with van der Waals surface area (Å²) in [7, 11) is 0. The summed E-state index contributed by atoms with van der Waals surface area (Å²) in [6.07, 6.45) is 3.85. The molecule has 0 aliphatic heterocycles. The van der Waals surface area contributed by atoms with Gasteiger partial charge in [-0.3, -0.25) is 4.79 Å². The van der Waals surface area contributed by atoms with Crippen LogP contribution in [0, 0.1) is 5.92 Å². The van der Waals surface area contributed by atoms with Crippen molar-refractivity contribution in [2.75, 3.05) is 12.3 Å². The molecule has 1 aromatic heterocycles. The summed E-state index contributed by atoms with van der Waals surface area (Å²) >= 11 is 0. The van der Waals surface area contributed by atoms with Gasteiger partial charge in [0.15, 0.2) is 5.82 Å². The molecule has 0 radical (unpaired) electrons. The van der Waals surface area contributed by atoms with Gasteiger partial charge in [-0.15, -0.1) is 0 Å². The molecule has 2 rings (SSSR count). The minimum Gasteiger partial charge on any atom is -0.475 e. The van der Waals surface area contributed by atoms with Gasteiger partial charge in [0.2, 0.25) is 0 Å². The van der Waals surface area contributed by atoms with Crippen LogP contribution in [0.2, 0.25) is 0 Å². The molecule has 6 heteroatoms. The van der Waals surface area contributed by atoms with Gasteiger partial charge in [0.1, 0.15) is 12.3 Å². The maximum absolute atomic E-state index is 10.0. The molecular formula is C10H13N3O3. The summed E-state index contributed by atoms with van der Waals surface area (Å²) in [4.78, 5) is 18.1. The number of nitrogens with zero attached hydrogens (tertiary/aromatic N) is 2. The third kappa shape index (κ3) is 2.82. The first-order valence-corrected chi connectivity index (χ1v) is 5.09. The van der Waals surface area contributed by atoms with E-state index in [0.29, 0.717) is 30.6 Å². The number of rotatable bonds is 6. The molecule has 0 atom stereocenters. The van der Waals surface area contributed by atoms with Crippen molar-refractivity contribution in [3.63, 3.8) is 0 Å². The zero-order valence-electron chi connectivity index (χ0n) is 8.76. The molecule has 16 heavy (non-hydrogen) atoms. The van der Waals surface area contributed by atoms with Crippen molar-refractivity contribution in [1.82, 2.24) is 9.97 Å². The van der Waals surface area contributed by atoms with E-state index < -0.39 is 0 Å². The Hall–Kier alpha value is -1.85. The van der Waals surface area contributed by atoms with Crippen LogP contribution in [0.15, 0.2) is 6.20 Å². The van der Waals surface area contributed by atoms with Gasteiger partial charge in [-0.25, -0.2) is 9.97 Å². The van der Waals surface area contributed by atoms with Crippen LogP contribution in [0.4, 0.5) is 5.82 Å². The van der Waals surface area contributed by atoms with Gasteiger partial charge >= 0.3 is 0 Å². The van der Waals surface area contributed by atoms with Gasteiger partial charge in [-0.2, -0.15) is 0 Å². The molecule has 0 spiro atoms. The van der Waals surface area contributed by atoms with Crippen LogP contribution < -0.4 is 10.5 Å². The molecule has 1 aliphatic rings. The first kappa shape index (κ1) is 10.7. The molecule has 0 unspecified atom stereocenters. The molecule has 0 amide bonds. The Bertz CT molecular complexity index is 380. The smallest absolute Gasteiger partial charge is 0.293 e. The Morgan fingerprint density at radius 3 is 3.06 bits per heavy atom. The van der Waals surface area contributed by atoms with Crippen LogP contribution in [-0.2, 0) is 16.1 Å². The van der Waals surface area contributed by atoms with Crippen molar-refractivity contribution < 1.29 is 14.3 Å². The van der Waals surface area contributed by atoms with Crippen molar-refractivity contribution >= 4 is 12.3 Å². The molecule has 2 N–H and O–H groups in total. The van der Waals surface area contributed by atoms with Crippen molar-refractivity contribution in [2.24, 2.45) is 5.92 Å². The number of carbonyl (C=O) groups is 1. The van der Waals surface area contributed by atoms with Gasteiger partial charge in [-0.05, 0) is 18.8 Å². The highest BCUT2D eigenvalue weighted by Crippen LogP contribution is 2.29. The van der Waals surface area contributed by atoms with Gasteiger partial charge in [-0.1, -0.05) is 0 Å². The fourth-order valence-electron chi connectivity index (χ4n) is 1.19. The second-order valence-corrected chi connectivity index (χ2v) is 3.71. The molecule has 1 saturated carbocycles. The third-order valence-corrected chi connectivity index (χ3v) is 2.27. The number of nitrogens with two attached hydrogens (primary N) is 1. The molecule has 1 aliphatic carbocycles. The molecule has 0 saturated heterocycles. The van der Waals surface area contributed by atoms with E-state index in [0.717, 1.165) is 0 Å². The summed E-state index contributed by atoms with van der Waals surface area (Å²) in [5, 5.41) is 0. The van der Waals surface area contributed by atoms with Crippen LogP contribution in [-0.4, -0.2) is 23.0 Å². The minimum absolute atomic E-state index is 0.0799. The number of nitrogen functional groups attached to an aromatic ring is 1. The monoisotopic (exact) mass is 223 g/mol. The summed E-state index contributed by atoms with van der Waals surface area (Å²) in [5.41, 5.74) is 6.14. The van der Waals surface area contributed by atoms with Crippen LogP contribution >= 0.6 is 0 Å². The predicted octanol–water partition coefficient (Wildman–Crippen LogP) is 0.521. The summed E-state index contributed by atoms with van der Waals surface area (Å²) in [6, 6.07) is 0. The predicted molar refractivity (Wildman–Crippen MR) is 55.5 cm³/mol. The second-order valence-electron chi connectivity index (χ2n) is 3.71. The maximum Gasteiger partial charge on any atom is 0.293 e. The zero-order valence-corrected chi connectivity index (χ0v) is 8.76. The lowest BCUT2D eigenvalue weighted by Gasteiger charge is -2.07. The van der Waals surface area contributed by atoms with Gasteiger partial charge < -0.3 is 15.2 Å². The lowest BCUT2D eigenvalue weighted by Crippen LogP contribution is -2.07. The Morgan fingerprint density at radius 2 is 2.38 bits per heavy atom. The summed E-state index contributed by atoms with van der Waals surface area (Å²) < 4.78 is 10.0. The minimum atomic E-state index is 0.0799. The second kappa shape index (κ2) is 4.78. The van der Waals surface area contributed by atoms with E-state index in [4.69, 9.17) is 10.5 Å². The fourth-order valence-corrected chi connectivity index (χ4v) is 1.19. The number of aromatic nitrogens is 2. The highest BCUT2D eigenvalue weighted by molar-refractivity contribution is 5.40. The molecule has 1 fully saturated rings. The maximum atomic E-state index is 10.0. The van der Waals surface area contributed by atoms with E-state index in [1.54, 1.807) is 0 Å². The lowest BCUT2D eigenvalue weighted by molar-refractivity contribution is -0.129. The van der Waals surface area contributed by atoms with E-state index in [1.807, 2.05) is 0 Å². The average Bonchev–Trinajstić information content (AvgIpc) is 3.10. The third-order valence-electron chi connectivity index (χ3n) is 2.27. The highest BCUT2D eigenvalue weighted by Gasteiger charge is 2.22. The molecular weight excluding hydrogens is 210 g/mol. The molecule has 1 aromatic rings. The summed E-state index contributed by atoms with van der Waals surface area (Å²) in [6.45, 7) is 1.07. The average molecular weight is 223 g/mol. The fraction of sp³-hybridized carbons (Fsp3) is 0.500. The van der Waals surface area contributed by atoms with Crippen LogP contribution in [0.25, 0.3) is 0 Å². The van der Waals surface area contributed by atoms with Crippen molar-refractivity contribution in [3.05, 3.63) is 11.9 Å². The number of hydrogen-bond acceptors (Lipinski definition) is 6. The largest absolute Gasteiger partial charge is 0.475 e. The Balaban J connectivity index is 1.99. The topological polar surface area (TPSA) is 87.3 Å². The van der Waals surface area contributed by atoms with Gasteiger partial charge in [0.25, 0.3) is 12.4 Å². The normalized spacial score (nSPS) is 14.5. The SMILES string of the molecule is Nc1ncc(COC=O)nc1OCC1CC1. The quantitative estimate of drug-likeness (QED) is 0.707. The van der Waals surface area contributed by atoms with E-state index in [1.165, 1.54) is 19.0 Å². The van der Waals surface area contributed by atoms with Crippen molar-refractivity contribution in [3.8, 4) is 5.88 Å². The zero-order chi connectivity index (χ0) is 11.4. The molecule has 1 heterocycles. The highest BCUT2D eigenvalue weighted by atomic mass is 16.5. The first-order valence-electron chi connectivity index (χ1n) is 5.09. The van der Waals surface area contributed by atoms with E-state index in [9.17, 15) is 4.79 Å². The molecule has 0 bridgehead atoms. The van der Waals surface area contributed by atoms with Crippen LogP contribution in [0.5, 0.6) is 5.88 Å². The summed E-state index contributed by atoms with van der Waals surface area (Å²) in [5.74, 6) is 1.20. The van der Waals surface area contributed by atoms with E-state index in [2.05, 4.69) is 14.7 Å². The molecule has 0 aromatic carbocycles. The number of anilines is 1. The van der Waals surface area contributed by atoms with Gasteiger partial charge in [0, 0.05) is 0 Å². The van der Waals surface area contributed by atoms with Gasteiger partial charge in [0.05, 0.1) is 12.8 Å². The van der Waals surface area contributed by atoms with Crippen molar-refractivity contribution in [1.29, 1.82) is 0 Å². The Morgan fingerprint density at radius 1 is 1.56 bits per heavy atom.